The van der Waals surface area contributed by atoms with Gasteiger partial charge in [-0.3, -0.25) is 0 Å². The molecule has 0 aliphatic carbocycles. The molecule has 3 nitrogen and oxygen atoms in total. The molecule has 0 aromatic carbocycles. The Balaban J connectivity index is 1.78. The first-order valence-corrected chi connectivity index (χ1v) is 5.85. The van der Waals surface area contributed by atoms with Crippen LogP contribution in [-0.2, 0) is 0 Å². The van der Waals surface area contributed by atoms with Crippen LogP contribution in [-0.4, -0.2) is 44.2 Å². The lowest BCUT2D eigenvalue weighted by Gasteiger charge is -2.24. The standard InChI is InChI=1S/C11H23N3/c1-11(8-12)3-5-14(9-11)7-10-2-4-13-6-10/h10,13H,2-9,12H2,1H3. The van der Waals surface area contributed by atoms with E-state index in [9.17, 15) is 0 Å². The van der Waals surface area contributed by atoms with Crippen LogP contribution in [0.25, 0.3) is 0 Å². The average Bonchev–Trinajstić information content (AvgIpc) is 2.78. The van der Waals surface area contributed by atoms with E-state index < -0.39 is 0 Å². The van der Waals surface area contributed by atoms with Crippen molar-refractivity contribution in [3.8, 4) is 0 Å². The van der Waals surface area contributed by atoms with Gasteiger partial charge >= 0.3 is 0 Å². The molecule has 14 heavy (non-hydrogen) atoms. The summed E-state index contributed by atoms with van der Waals surface area (Å²) in [5.41, 5.74) is 6.19. The Morgan fingerprint density at radius 1 is 1.57 bits per heavy atom. The fourth-order valence-electron chi connectivity index (χ4n) is 2.68. The summed E-state index contributed by atoms with van der Waals surface area (Å²) < 4.78 is 0. The van der Waals surface area contributed by atoms with Gasteiger partial charge in [0.2, 0.25) is 0 Å². The molecule has 2 saturated heterocycles. The van der Waals surface area contributed by atoms with Crippen LogP contribution in [0.5, 0.6) is 0 Å². The van der Waals surface area contributed by atoms with E-state index in [2.05, 4.69) is 17.1 Å². The van der Waals surface area contributed by atoms with Gasteiger partial charge in [-0.1, -0.05) is 6.92 Å². The molecule has 2 heterocycles. The van der Waals surface area contributed by atoms with E-state index in [-0.39, 0.29) is 0 Å². The first kappa shape index (κ1) is 10.4. The highest BCUT2D eigenvalue weighted by Crippen LogP contribution is 2.29. The van der Waals surface area contributed by atoms with Crippen LogP contribution in [0, 0.1) is 11.3 Å². The third-order valence-electron chi connectivity index (χ3n) is 3.81. The third-order valence-corrected chi connectivity index (χ3v) is 3.81. The van der Waals surface area contributed by atoms with E-state index >= 15 is 0 Å². The van der Waals surface area contributed by atoms with E-state index in [4.69, 9.17) is 5.73 Å². The highest BCUT2D eigenvalue weighted by atomic mass is 15.2. The van der Waals surface area contributed by atoms with Crippen molar-refractivity contribution in [3.63, 3.8) is 0 Å². The lowest BCUT2D eigenvalue weighted by molar-refractivity contribution is 0.250. The summed E-state index contributed by atoms with van der Waals surface area (Å²) in [7, 11) is 0. The molecule has 0 saturated carbocycles. The molecule has 2 atom stereocenters. The molecule has 82 valence electrons. The second-order valence-electron chi connectivity index (χ2n) is 5.36. The highest BCUT2D eigenvalue weighted by molar-refractivity contribution is 4.88. The predicted octanol–water partition coefficient (Wildman–Crippen LogP) is 0.267. The van der Waals surface area contributed by atoms with Crippen LogP contribution >= 0.6 is 0 Å². The van der Waals surface area contributed by atoms with Crippen molar-refractivity contribution in [1.29, 1.82) is 0 Å². The number of nitrogens with zero attached hydrogens (tertiary/aromatic N) is 1. The Kier molecular flexibility index (Phi) is 3.10. The molecule has 0 radical (unpaired) electrons. The van der Waals surface area contributed by atoms with Gasteiger partial charge < -0.3 is 16.0 Å². The molecular formula is C11H23N3. The Morgan fingerprint density at radius 2 is 2.43 bits per heavy atom. The fourth-order valence-corrected chi connectivity index (χ4v) is 2.68. The summed E-state index contributed by atoms with van der Waals surface area (Å²) in [5.74, 6) is 0.884. The van der Waals surface area contributed by atoms with Crippen molar-refractivity contribution in [2.24, 2.45) is 17.1 Å². The summed E-state index contributed by atoms with van der Waals surface area (Å²) in [6.45, 7) is 9.33. The molecular weight excluding hydrogens is 174 g/mol. The Morgan fingerprint density at radius 3 is 3.00 bits per heavy atom. The van der Waals surface area contributed by atoms with Gasteiger partial charge in [-0.25, -0.2) is 0 Å². The fraction of sp³-hybridized carbons (Fsp3) is 1.00. The molecule has 0 aromatic rings. The van der Waals surface area contributed by atoms with Gasteiger partial charge in [-0.05, 0) is 50.4 Å². The number of rotatable bonds is 3. The van der Waals surface area contributed by atoms with Crippen LogP contribution in [0.4, 0.5) is 0 Å². The van der Waals surface area contributed by atoms with Crippen molar-refractivity contribution < 1.29 is 0 Å². The maximum Gasteiger partial charge on any atom is 0.00480 e. The topological polar surface area (TPSA) is 41.3 Å². The number of likely N-dealkylation sites (tertiary alicyclic amines) is 1. The molecule has 2 fully saturated rings. The molecule has 0 spiro atoms. The van der Waals surface area contributed by atoms with Gasteiger partial charge in [0.25, 0.3) is 0 Å². The van der Waals surface area contributed by atoms with Crippen molar-refractivity contribution in [3.05, 3.63) is 0 Å². The zero-order valence-corrected chi connectivity index (χ0v) is 9.26. The van der Waals surface area contributed by atoms with Crippen LogP contribution in [0.1, 0.15) is 19.8 Å². The summed E-state index contributed by atoms with van der Waals surface area (Å²) in [5, 5.41) is 3.43. The van der Waals surface area contributed by atoms with Gasteiger partial charge in [-0.2, -0.15) is 0 Å². The van der Waals surface area contributed by atoms with Gasteiger partial charge in [0.05, 0.1) is 0 Å². The number of nitrogens with one attached hydrogen (secondary N) is 1. The summed E-state index contributed by atoms with van der Waals surface area (Å²) >= 11 is 0. The van der Waals surface area contributed by atoms with Crippen molar-refractivity contribution in [2.75, 3.05) is 39.3 Å². The normalized spacial score (nSPS) is 39.4. The zero-order valence-electron chi connectivity index (χ0n) is 9.26. The van der Waals surface area contributed by atoms with Crippen LogP contribution in [0.15, 0.2) is 0 Å². The summed E-state index contributed by atoms with van der Waals surface area (Å²) in [6, 6.07) is 0. The molecule has 2 aliphatic rings. The van der Waals surface area contributed by atoms with Gasteiger partial charge in [0, 0.05) is 13.1 Å². The molecule has 2 aliphatic heterocycles. The Hall–Kier alpha value is -0.120. The van der Waals surface area contributed by atoms with Crippen LogP contribution < -0.4 is 11.1 Å². The SMILES string of the molecule is CC1(CN)CCN(CC2CCNC2)C1. The van der Waals surface area contributed by atoms with Crippen molar-refractivity contribution >= 4 is 0 Å². The minimum atomic E-state index is 0.395. The molecule has 3 heteroatoms. The Labute approximate surface area is 87.0 Å². The second kappa shape index (κ2) is 4.17. The lowest BCUT2D eigenvalue weighted by atomic mass is 9.90. The first-order valence-electron chi connectivity index (χ1n) is 5.85. The minimum Gasteiger partial charge on any atom is -0.330 e. The predicted molar refractivity (Wildman–Crippen MR) is 59.2 cm³/mol. The molecule has 2 rings (SSSR count). The van der Waals surface area contributed by atoms with Crippen LogP contribution in [0.3, 0.4) is 0 Å². The second-order valence-corrected chi connectivity index (χ2v) is 5.36. The van der Waals surface area contributed by atoms with E-state index in [1.807, 2.05) is 0 Å². The molecule has 0 aromatic heterocycles. The molecule has 3 N–H and O–H groups in total. The van der Waals surface area contributed by atoms with Gasteiger partial charge in [0.15, 0.2) is 0 Å². The first-order chi connectivity index (χ1) is 6.72. The minimum absolute atomic E-state index is 0.395. The zero-order chi connectivity index (χ0) is 10.0. The van der Waals surface area contributed by atoms with Crippen molar-refractivity contribution in [2.45, 2.75) is 19.8 Å². The third kappa shape index (κ3) is 2.27. The number of hydrogen-bond acceptors (Lipinski definition) is 3. The van der Waals surface area contributed by atoms with E-state index in [0.29, 0.717) is 5.41 Å². The molecule has 0 bridgehead atoms. The smallest absolute Gasteiger partial charge is 0.00480 e. The maximum atomic E-state index is 5.80. The number of hydrogen-bond donors (Lipinski definition) is 2. The largest absolute Gasteiger partial charge is 0.330 e. The van der Waals surface area contributed by atoms with Crippen molar-refractivity contribution in [1.82, 2.24) is 10.2 Å². The van der Waals surface area contributed by atoms with E-state index in [1.54, 1.807) is 0 Å². The summed E-state index contributed by atoms with van der Waals surface area (Å²) in [4.78, 5) is 2.60. The average molecular weight is 197 g/mol. The van der Waals surface area contributed by atoms with Gasteiger partial charge in [-0.15, -0.1) is 0 Å². The van der Waals surface area contributed by atoms with E-state index in [1.165, 1.54) is 45.6 Å². The maximum absolute atomic E-state index is 5.80. The molecule has 0 amide bonds. The monoisotopic (exact) mass is 197 g/mol. The summed E-state index contributed by atoms with van der Waals surface area (Å²) in [6.07, 6.45) is 2.64. The number of nitrogens with two attached hydrogens (primary N) is 1. The lowest BCUT2D eigenvalue weighted by Crippen LogP contribution is -2.34. The van der Waals surface area contributed by atoms with Crippen LogP contribution in [0.2, 0.25) is 0 Å². The molecule has 2 unspecified atom stereocenters. The Bertz CT molecular complexity index is 189. The highest BCUT2D eigenvalue weighted by Gasteiger charge is 2.33. The quantitative estimate of drug-likeness (QED) is 0.682. The van der Waals surface area contributed by atoms with E-state index in [0.717, 1.165) is 12.5 Å². The van der Waals surface area contributed by atoms with Gasteiger partial charge in [0.1, 0.15) is 0 Å².